The van der Waals surface area contributed by atoms with E-state index in [1.165, 1.54) is 25.0 Å². The summed E-state index contributed by atoms with van der Waals surface area (Å²) in [6.45, 7) is 2.10. The Balaban J connectivity index is 1.83. The van der Waals surface area contributed by atoms with Crippen molar-refractivity contribution in [3.8, 4) is 11.4 Å². The molecule has 3 rings (SSSR count). The summed E-state index contributed by atoms with van der Waals surface area (Å²) in [5.41, 5.74) is 1.02. The molecule has 19 heavy (non-hydrogen) atoms. The van der Waals surface area contributed by atoms with E-state index in [0.717, 1.165) is 5.56 Å². The number of rotatable bonds is 4. The highest BCUT2D eigenvalue weighted by Crippen LogP contribution is 2.41. The molecule has 0 radical (unpaired) electrons. The Kier molecular flexibility index (Phi) is 2.81. The van der Waals surface area contributed by atoms with Crippen LogP contribution < -0.4 is 0 Å². The second-order valence-corrected chi connectivity index (χ2v) is 4.96. The zero-order valence-electron chi connectivity index (χ0n) is 10.5. The van der Waals surface area contributed by atoms with Crippen molar-refractivity contribution in [3.05, 3.63) is 35.7 Å². The van der Waals surface area contributed by atoms with Gasteiger partial charge in [-0.1, -0.05) is 24.2 Å². The van der Waals surface area contributed by atoms with Crippen LogP contribution >= 0.6 is 0 Å². The Hall–Kier alpha value is -2.17. The molecule has 1 aromatic heterocycles. The van der Waals surface area contributed by atoms with Crippen LogP contribution in [-0.4, -0.2) is 21.2 Å². The molecule has 1 aliphatic rings. The van der Waals surface area contributed by atoms with Crippen LogP contribution in [0.5, 0.6) is 0 Å². The van der Waals surface area contributed by atoms with Gasteiger partial charge in [0.05, 0.1) is 5.56 Å². The number of aromatic carboxylic acids is 1. The van der Waals surface area contributed by atoms with Gasteiger partial charge in [0.25, 0.3) is 0 Å². The van der Waals surface area contributed by atoms with E-state index in [-0.39, 0.29) is 5.56 Å². The van der Waals surface area contributed by atoms with Gasteiger partial charge in [-0.05, 0) is 30.9 Å². The van der Waals surface area contributed by atoms with E-state index in [4.69, 9.17) is 9.63 Å². The number of nitrogens with zero attached hydrogens (tertiary/aromatic N) is 2. The number of benzene rings is 1. The molecule has 1 N–H and O–H groups in total. The van der Waals surface area contributed by atoms with Crippen LogP contribution in [0, 0.1) is 5.92 Å². The third-order valence-corrected chi connectivity index (χ3v) is 3.55. The molecule has 0 bridgehead atoms. The molecule has 1 heterocycles. The maximum absolute atomic E-state index is 10.8. The fourth-order valence-corrected chi connectivity index (χ4v) is 2.10. The number of aromatic nitrogens is 2. The molecule has 1 aliphatic carbocycles. The number of carboxylic acid groups (broad SMARTS) is 1. The van der Waals surface area contributed by atoms with Gasteiger partial charge in [-0.3, -0.25) is 0 Å². The first-order valence-corrected chi connectivity index (χ1v) is 6.32. The molecule has 98 valence electrons. The minimum atomic E-state index is -0.942. The molecular formula is C14H14N2O3. The molecule has 1 unspecified atom stereocenters. The molecule has 1 fully saturated rings. The van der Waals surface area contributed by atoms with E-state index < -0.39 is 5.97 Å². The van der Waals surface area contributed by atoms with Gasteiger partial charge in [-0.25, -0.2) is 4.79 Å². The smallest absolute Gasteiger partial charge is 0.335 e. The summed E-state index contributed by atoms with van der Waals surface area (Å²) in [6.07, 6.45) is 2.46. The topological polar surface area (TPSA) is 76.2 Å². The predicted molar refractivity (Wildman–Crippen MR) is 67.8 cm³/mol. The molecule has 0 saturated heterocycles. The normalized spacial score (nSPS) is 16.3. The highest BCUT2D eigenvalue weighted by atomic mass is 16.5. The molecule has 5 nitrogen and oxygen atoms in total. The van der Waals surface area contributed by atoms with Crippen LogP contribution in [0.4, 0.5) is 0 Å². The second kappa shape index (κ2) is 4.50. The van der Waals surface area contributed by atoms with Gasteiger partial charge >= 0.3 is 5.97 Å². The minimum Gasteiger partial charge on any atom is -0.478 e. The summed E-state index contributed by atoms with van der Waals surface area (Å²) >= 11 is 0. The largest absolute Gasteiger partial charge is 0.478 e. The third kappa shape index (κ3) is 2.36. The average Bonchev–Trinajstić information content (AvgIpc) is 3.15. The van der Waals surface area contributed by atoms with Crippen molar-refractivity contribution < 1.29 is 14.4 Å². The maximum Gasteiger partial charge on any atom is 0.335 e. The van der Waals surface area contributed by atoms with Gasteiger partial charge in [0, 0.05) is 11.5 Å². The van der Waals surface area contributed by atoms with Crippen molar-refractivity contribution in [2.45, 2.75) is 25.7 Å². The Morgan fingerprint density at radius 3 is 2.63 bits per heavy atom. The molecule has 1 aromatic carbocycles. The molecule has 0 amide bonds. The van der Waals surface area contributed by atoms with Crippen molar-refractivity contribution in [2.24, 2.45) is 5.92 Å². The average molecular weight is 258 g/mol. The summed E-state index contributed by atoms with van der Waals surface area (Å²) in [6, 6.07) is 6.47. The summed E-state index contributed by atoms with van der Waals surface area (Å²) in [5, 5.41) is 12.8. The number of carbonyl (C=O) groups is 1. The first-order chi connectivity index (χ1) is 9.15. The Morgan fingerprint density at radius 2 is 2.05 bits per heavy atom. The van der Waals surface area contributed by atoms with Crippen LogP contribution in [-0.2, 0) is 0 Å². The molecule has 1 atom stereocenters. The fourth-order valence-electron chi connectivity index (χ4n) is 2.10. The zero-order chi connectivity index (χ0) is 13.4. The van der Waals surface area contributed by atoms with E-state index in [1.54, 1.807) is 12.1 Å². The van der Waals surface area contributed by atoms with Gasteiger partial charge in [-0.2, -0.15) is 4.98 Å². The van der Waals surface area contributed by atoms with E-state index in [1.807, 2.05) is 0 Å². The Morgan fingerprint density at radius 1 is 1.37 bits per heavy atom. The monoisotopic (exact) mass is 258 g/mol. The molecule has 0 aliphatic heterocycles. The van der Waals surface area contributed by atoms with Gasteiger partial charge in [0.15, 0.2) is 0 Å². The van der Waals surface area contributed by atoms with E-state index in [9.17, 15) is 4.79 Å². The standard InChI is InChI=1S/C14H14N2O3/c1-8(9-2-3-9)13-15-12(16-19-13)10-4-6-11(7-5-10)14(17)18/h4-9H,2-3H2,1H3,(H,17,18). The second-order valence-electron chi connectivity index (χ2n) is 4.96. The zero-order valence-corrected chi connectivity index (χ0v) is 10.5. The van der Waals surface area contributed by atoms with Gasteiger partial charge in [-0.15, -0.1) is 0 Å². The first-order valence-electron chi connectivity index (χ1n) is 6.32. The highest BCUT2D eigenvalue weighted by Gasteiger charge is 2.32. The summed E-state index contributed by atoms with van der Waals surface area (Å²) < 4.78 is 5.28. The number of hydrogen-bond donors (Lipinski definition) is 1. The van der Waals surface area contributed by atoms with Crippen LogP contribution in [0.25, 0.3) is 11.4 Å². The van der Waals surface area contributed by atoms with E-state index in [2.05, 4.69) is 17.1 Å². The van der Waals surface area contributed by atoms with Gasteiger partial charge in [0.1, 0.15) is 0 Å². The lowest BCUT2D eigenvalue weighted by molar-refractivity contribution is 0.0697. The predicted octanol–water partition coefficient (Wildman–Crippen LogP) is 2.95. The minimum absolute atomic E-state index is 0.249. The first kappa shape index (κ1) is 11.9. The molecule has 0 spiro atoms. The Bertz CT molecular complexity index is 599. The van der Waals surface area contributed by atoms with Crippen LogP contribution in [0.1, 0.15) is 41.9 Å². The lowest BCUT2D eigenvalue weighted by Gasteiger charge is -2.01. The third-order valence-electron chi connectivity index (χ3n) is 3.55. The number of hydrogen-bond acceptors (Lipinski definition) is 4. The van der Waals surface area contributed by atoms with Crippen molar-refractivity contribution >= 4 is 5.97 Å². The van der Waals surface area contributed by atoms with E-state index in [0.29, 0.717) is 23.6 Å². The van der Waals surface area contributed by atoms with Crippen molar-refractivity contribution in [1.82, 2.24) is 10.1 Å². The molecule has 1 saturated carbocycles. The SMILES string of the molecule is CC(c1nc(-c2ccc(C(=O)O)cc2)no1)C1CC1. The van der Waals surface area contributed by atoms with Crippen LogP contribution in [0.3, 0.4) is 0 Å². The summed E-state index contributed by atoms with van der Waals surface area (Å²) in [5.74, 6) is 1.21. The molecular weight excluding hydrogens is 244 g/mol. The van der Waals surface area contributed by atoms with Gasteiger partial charge in [0.2, 0.25) is 11.7 Å². The lowest BCUT2D eigenvalue weighted by atomic mass is 10.1. The quantitative estimate of drug-likeness (QED) is 0.912. The fraction of sp³-hybridized carbons (Fsp3) is 0.357. The van der Waals surface area contributed by atoms with Crippen molar-refractivity contribution in [2.75, 3.05) is 0 Å². The Labute approximate surface area is 110 Å². The molecule has 2 aromatic rings. The lowest BCUT2D eigenvalue weighted by Crippen LogP contribution is -1.96. The number of carboxylic acids is 1. The van der Waals surface area contributed by atoms with Crippen molar-refractivity contribution in [1.29, 1.82) is 0 Å². The highest BCUT2D eigenvalue weighted by molar-refractivity contribution is 5.88. The summed E-state index contributed by atoms with van der Waals surface area (Å²) in [4.78, 5) is 15.2. The van der Waals surface area contributed by atoms with Crippen molar-refractivity contribution in [3.63, 3.8) is 0 Å². The van der Waals surface area contributed by atoms with Crippen LogP contribution in [0.15, 0.2) is 28.8 Å². The summed E-state index contributed by atoms with van der Waals surface area (Å²) in [7, 11) is 0. The maximum atomic E-state index is 10.8. The van der Waals surface area contributed by atoms with E-state index >= 15 is 0 Å². The molecule has 5 heteroatoms. The van der Waals surface area contributed by atoms with Gasteiger partial charge < -0.3 is 9.63 Å². The van der Waals surface area contributed by atoms with Crippen LogP contribution in [0.2, 0.25) is 0 Å².